The first-order valence-corrected chi connectivity index (χ1v) is 15.5. The van der Waals surface area contributed by atoms with Crippen molar-refractivity contribution < 1.29 is 9.47 Å². The molecule has 0 saturated carbocycles. The zero-order chi connectivity index (χ0) is 28.4. The number of anilines is 5. The second kappa shape index (κ2) is 14.4. The maximum Gasteiger partial charge on any atom is 0.201 e. The van der Waals surface area contributed by atoms with Crippen molar-refractivity contribution in [3.63, 3.8) is 0 Å². The number of nitrogens with one attached hydrogen (secondary N) is 2. The monoisotopic (exact) mass is 591 g/mol. The molecule has 0 spiro atoms. The predicted molar refractivity (Wildman–Crippen MR) is 171 cm³/mol. The maximum atomic E-state index is 5.62. The Kier molecular flexibility index (Phi) is 10.2. The van der Waals surface area contributed by atoms with Gasteiger partial charge < -0.3 is 19.3 Å². The molecule has 0 atom stereocenters. The number of hydrazine groups is 1. The van der Waals surface area contributed by atoms with E-state index in [0.717, 1.165) is 45.6 Å². The summed E-state index contributed by atoms with van der Waals surface area (Å²) in [6, 6.07) is 18.5. The molecule has 41 heavy (non-hydrogen) atoms. The van der Waals surface area contributed by atoms with E-state index in [-0.39, 0.29) is 0 Å². The van der Waals surface area contributed by atoms with Crippen molar-refractivity contribution >= 4 is 60.6 Å². The van der Waals surface area contributed by atoms with Gasteiger partial charge in [-0.2, -0.15) is 10.2 Å². The van der Waals surface area contributed by atoms with Gasteiger partial charge in [0.1, 0.15) is 0 Å². The number of hydrogen-bond donors (Lipinski definition) is 2. The Morgan fingerprint density at radius 1 is 1.00 bits per heavy atom. The zero-order valence-corrected chi connectivity index (χ0v) is 25.4. The summed E-state index contributed by atoms with van der Waals surface area (Å²) in [7, 11) is 3.81. The van der Waals surface area contributed by atoms with Crippen molar-refractivity contribution in [1.82, 2.24) is 4.98 Å². The Hall–Kier alpha value is -3.51. The van der Waals surface area contributed by atoms with Gasteiger partial charge in [-0.05, 0) is 86.3 Å². The molecule has 5 rings (SSSR count). The zero-order valence-electron chi connectivity index (χ0n) is 23.8. The number of thiazole rings is 1. The average molecular weight is 592 g/mol. The minimum Gasteiger partial charge on any atom is -0.385 e. The van der Waals surface area contributed by atoms with Crippen LogP contribution in [-0.2, 0) is 16.1 Å². The van der Waals surface area contributed by atoms with Crippen LogP contribution in [-0.4, -0.2) is 45.4 Å². The molecule has 0 radical (unpaired) electrons. The van der Waals surface area contributed by atoms with Crippen LogP contribution in [0.1, 0.15) is 30.5 Å². The van der Waals surface area contributed by atoms with Gasteiger partial charge in [0.25, 0.3) is 0 Å². The Labute approximate surface area is 249 Å². The summed E-state index contributed by atoms with van der Waals surface area (Å²) in [5.74, 6) is 0. The Morgan fingerprint density at radius 2 is 1.83 bits per heavy atom. The van der Waals surface area contributed by atoms with Gasteiger partial charge in [0, 0.05) is 51.5 Å². The van der Waals surface area contributed by atoms with Crippen LogP contribution in [0.3, 0.4) is 0 Å². The topological polar surface area (TPSA) is 86.6 Å². The fourth-order valence-corrected chi connectivity index (χ4v) is 6.14. The van der Waals surface area contributed by atoms with Gasteiger partial charge in [0.15, 0.2) is 0 Å². The van der Waals surface area contributed by atoms with E-state index in [1.54, 1.807) is 7.11 Å². The van der Waals surface area contributed by atoms with E-state index in [2.05, 4.69) is 74.1 Å². The van der Waals surface area contributed by atoms with E-state index in [1.807, 2.05) is 47.0 Å². The third kappa shape index (κ3) is 8.04. The van der Waals surface area contributed by atoms with Crippen LogP contribution < -0.4 is 20.7 Å². The van der Waals surface area contributed by atoms with E-state index in [1.165, 1.54) is 47.3 Å². The standard InChI is InChI=1S/C30H37N7O2S2/c1-22-19-26(36(2)28-13-14-29(41-28)37-15-4-5-16-37)11-12-27(22)34-32-23-7-9-24(10-8-23)33-35-30-31-25(21-40-30)20-39-18-6-17-38-3/h7-14,19,21,33H,4-6,15-18,20H2,1-3H3,(H,31,35). The number of methoxy groups -OCH3 is 1. The van der Waals surface area contributed by atoms with Crippen molar-refractivity contribution in [3.8, 4) is 0 Å². The van der Waals surface area contributed by atoms with Gasteiger partial charge in [0.2, 0.25) is 5.13 Å². The van der Waals surface area contributed by atoms with Crippen molar-refractivity contribution in [2.45, 2.75) is 32.8 Å². The summed E-state index contributed by atoms with van der Waals surface area (Å²) >= 11 is 3.38. The SMILES string of the molecule is COCCCOCc1csc(NNc2ccc(N=Nc3ccc(N(C)c4ccc(N5CCCC5)s4)cc3C)cc2)n1. The first kappa shape index (κ1) is 29.0. The fourth-order valence-electron chi connectivity index (χ4n) is 4.45. The third-order valence-corrected chi connectivity index (χ3v) is 8.82. The molecule has 216 valence electrons. The summed E-state index contributed by atoms with van der Waals surface area (Å²) < 4.78 is 10.6. The summed E-state index contributed by atoms with van der Waals surface area (Å²) in [6.45, 7) is 6.26. The highest BCUT2D eigenvalue weighted by Crippen LogP contribution is 2.38. The quantitative estimate of drug-likeness (QED) is 0.0867. The molecule has 2 aromatic carbocycles. The number of azo groups is 1. The van der Waals surface area contributed by atoms with Crippen molar-refractivity contribution in [3.05, 3.63) is 71.2 Å². The van der Waals surface area contributed by atoms with Gasteiger partial charge in [-0.25, -0.2) is 4.98 Å². The molecule has 1 aliphatic heterocycles. The first-order valence-electron chi connectivity index (χ1n) is 13.8. The van der Waals surface area contributed by atoms with Crippen molar-refractivity contribution in [2.75, 3.05) is 61.1 Å². The average Bonchev–Trinajstić information content (AvgIpc) is 3.78. The number of ether oxygens (including phenoxy) is 2. The van der Waals surface area contributed by atoms with Crippen LogP contribution in [0.15, 0.2) is 70.2 Å². The van der Waals surface area contributed by atoms with Crippen LogP contribution in [0.4, 0.5) is 37.9 Å². The van der Waals surface area contributed by atoms with Crippen LogP contribution in [0.5, 0.6) is 0 Å². The minimum absolute atomic E-state index is 0.495. The smallest absolute Gasteiger partial charge is 0.201 e. The molecule has 0 unspecified atom stereocenters. The molecule has 2 N–H and O–H groups in total. The maximum absolute atomic E-state index is 5.62. The second-order valence-electron chi connectivity index (χ2n) is 9.88. The van der Waals surface area contributed by atoms with Crippen molar-refractivity contribution in [2.24, 2.45) is 10.2 Å². The lowest BCUT2D eigenvalue weighted by Crippen LogP contribution is -2.15. The Balaban J connectivity index is 1.11. The lowest BCUT2D eigenvalue weighted by molar-refractivity contribution is 0.0913. The molecule has 1 saturated heterocycles. The van der Waals surface area contributed by atoms with Crippen LogP contribution >= 0.6 is 22.7 Å². The Morgan fingerprint density at radius 3 is 2.61 bits per heavy atom. The number of aromatic nitrogens is 1. The highest BCUT2D eigenvalue weighted by molar-refractivity contribution is 7.20. The summed E-state index contributed by atoms with van der Waals surface area (Å²) in [5, 5.41) is 14.3. The molecule has 11 heteroatoms. The van der Waals surface area contributed by atoms with E-state index in [0.29, 0.717) is 19.8 Å². The lowest BCUT2D eigenvalue weighted by atomic mass is 10.2. The van der Waals surface area contributed by atoms with Gasteiger partial charge >= 0.3 is 0 Å². The van der Waals surface area contributed by atoms with Crippen LogP contribution in [0, 0.1) is 6.92 Å². The number of nitrogens with zero attached hydrogens (tertiary/aromatic N) is 5. The molecule has 9 nitrogen and oxygen atoms in total. The number of benzene rings is 2. The van der Waals surface area contributed by atoms with Crippen LogP contribution in [0.25, 0.3) is 0 Å². The number of aryl methyl sites for hydroxylation is 1. The number of hydrogen-bond acceptors (Lipinski definition) is 11. The summed E-state index contributed by atoms with van der Waals surface area (Å²) in [4.78, 5) is 9.26. The summed E-state index contributed by atoms with van der Waals surface area (Å²) in [6.07, 6.45) is 3.46. The second-order valence-corrected chi connectivity index (χ2v) is 11.8. The minimum atomic E-state index is 0.495. The van der Waals surface area contributed by atoms with E-state index < -0.39 is 0 Å². The third-order valence-electron chi connectivity index (χ3n) is 6.79. The molecular formula is C30H37N7O2S2. The highest BCUT2D eigenvalue weighted by Gasteiger charge is 2.16. The van der Waals surface area contributed by atoms with Gasteiger partial charge in [-0.1, -0.05) is 0 Å². The van der Waals surface area contributed by atoms with Gasteiger partial charge in [0.05, 0.1) is 39.4 Å². The van der Waals surface area contributed by atoms with E-state index in [4.69, 9.17) is 9.47 Å². The molecule has 1 aliphatic rings. The summed E-state index contributed by atoms with van der Waals surface area (Å²) in [5.41, 5.74) is 12.0. The molecular weight excluding hydrogens is 555 g/mol. The lowest BCUT2D eigenvalue weighted by Gasteiger charge is -2.19. The Bertz CT molecular complexity index is 1410. The molecule has 3 heterocycles. The highest BCUT2D eigenvalue weighted by atomic mass is 32.1. The fraction of sp³-hybridized carbons (Fsp3) is 0.367. The first-order chi connectivity index (χ1) is 20.1. The van der Waals surface area contributed by atoms with Gasteiger partial charge in [-0.3, -0.25) is 10.9 Å². The van der Waals surface area contributed by atoms with Crippen LogP contribution in [0.2, 0.25) is 0 Å². The number of rotatable bonds is 14. The molecule has 1 fully saturated rings. The molecule has 0 amide bonds. The molecule has 4 aromatic rings. The van der Waals surface area contributed by atoms with Gasteiger partial charge in [-0.15, -0.1) is 22.7 Å². The normalized spacial score (nSPS) is 13.3. The largest absolute Gasteiger partial charge is 0.385 e. The van der Waals surface area contributed by atoms with E-state index >= 15 is 0 Å². The van der Waals surface area contributed by atoms with E-state index in [9.17, 15) is 0 Å². The molecule has 0 aliphatic carbocycles. The molecule has 0 bridgehead atoms. The number of thiophene rings is 1. The predicted octanol–water partition coefficient (Wildman–Crippen LogP) is 8.29. The molecule has 2 aromatic heterocycles. The van der Waals surface area contributed by atoms with Crippen molar-refractivity contribution in [1.29, 1.82) is 0 Å².